The van der Waals surface area contributed by atoms with Crippen LogP contribution >= 0.6 is 24.0 Å². The van der Waals surface area contributed by atoms with Crippen LogP contribution in [0.5, 0.6) is 0 Å². The molecule has 2 heterocycles. The second kappa shape index (κ2) is 13.5. The molecule has 170 valence electrons. The lowest BCUT2D eigenvalue weighted by Crippen LogP contribution is -2.47. The summed E-state index contributed by atoms with van der Waals surface area (Å²) in [6.45, 7) is 11.6. The molecule has 2 N–H and O–H groups in total. The minimum absolute atomic E-state index is 0. The number of halogens is 1. The Kier molecular flexibility index (Phi) is 11.4. The molecule has 2 aliphatic rings. The zero-order valence-electron chi connectivity index (χ0n) is 18.8. The zero-order chi connectivity index (χ0) is 20.5. The highest BCUT2D eigenvalue weighted by molar-refractivity contribution is 14.0. The van der Waals surface area contributed by atoms with E-state index in [4.69, 9.17) is 4.74 Å². The minimum atomic E-state index is 0. The molecule has 0 aromatic heterocycles. The molecule has 3 atom stereocenters. The smallest absolute Gasteiger partial charge is 0.191 e. The molecule has 0 bridgehead atoms. The van der Waals surface area contributed by atoms with E-state index in [-0.39, 0.29) is 24.0 Å². The first-order valence-electron chi connectivity index (χ1n) is 11.2. The number of guanidine groups is 1. The van der Waals surface area contributed by atoms with Crippen LogP contribution in [0, 0.1) is 0 Å². The quantitative estimate of drug-likeness (QED) is 0.235. The fourth-order valence-electron chi connectivity index (χ4n) is 4.56. The Morgan fingerprint density at radius 2 is 1.87 bits per heavy atom. The highest BCUT2D eigenvalue weighted by Crippen LogP contribution is 2.19. The van der Waals surface area contributed by atoms with Crippen LogP contribution < -0.4 is 10.6 Å². The van der Waals surface area contributed by atoms with Crippen molar-refractivity contribution in [3.05, 3.63) is 35.9 Å². The normalized spacial score (nSPS) is 25.7. The molecular formula is C23H40IN5O. The van der Waals surface area contributed by atoms with E-state index < -0.39 is 0 Å². The lowest BCUT2D eigenvalue weighted by molar-refractivity contribution is -0.0679. The molecule has 0 aliphatic carbocycles. The number of rotatable bonds is 8. The van der Waals surface area contributed by atoms with Gasteiger partial charge in [0.05, 0.1) is 12.2 Å². The summed E-state index contributed by atoms with van der Waals surface area (Å²) in [5, 5.41) is 7.03. The predicted molar refractivity (Wildman–Crippen MR) is 136 cm³/mol. The fourth-order valence-corrected chi connectivity index (χ4v) is 4.56. The number of aliphatic imine (C=N–C) groups is 1. The SMILES string of the molecule is CN=C(NCCCN1CC(C)OC(C)C1)NCC1CCCN1Cc1ccccc1.I. The van der Waals surface area contributed by atoms with Crippen LogP contribution in [0.3, 0.4) is 0 Å². The van der Waals surface area contributed by atoms with Gasteiger partial charge in [-0.05, 0) is 45.2 Å². The molecule has 2 fully saturated rings. The van der Waals surface area contributed by atoms with Gasteiger partial charge in [0.1, 0.15) is 0 Å². The Bertz CT molecular complexity index is 619. The number of nitrogens with zero attached hydrogens (tertiary/aromatic N) is 3. The van der Waals surface area contributed by atoms with E-state index in [0.29, 0.717) is 18.2 Å². The van der Waals surface area contributed by atoms with Gasteiger partial charge in [-0.3, -0.25) is 14.8 Å². The van der Waals surface area contributed by atoms with Crippen LogP contribution in [-0.4, -0.2) is 80.3 Å². The summed E-state index contributed by atoms with van der Waals surface area (Å²) in [5.41, 5.74) is 1.40. The van der Waals surface area contributed by atoms with Crippen molar-refractivity contribution >= 4 is 29.9 Å². The minimum Gasteiger partial charge on any atom is -0.373 e. The molecule has 6 nitrogen and oxygen atoms in total. The van der Waals surface area contributed by atoms with Crippen molar-refractivity contribution in [1.29, 1.82) is 0 Å². The number of likely N-dealkylation sites (tertiary alicyclic amines) is 1. The molecule has 2 aliphatic heterocycles. The first-order valence-corrected chi connectivity index (χ1v) is 11.2. The monoisotopic (exact) mass is 529 g/mol. The second-order valence-corrected chi connectivity index (χ2v) is 8.50. The van der Waals surface area contributed by atoms with Gasteiger partial charge in [-0.1, -0.05) is 30.3 Å². The third kappa shape index (κ3) is 8.32. The summed E-state index contributed by atoms with van der Waals surface area (Å²) < 4.78 is 5.81. The van der Waals surface area contributed by atoms with E-state index in [1.54, 1.807) is 0 Å². The summed E-state index contributed by atoms with van der Waals surface area (Å²) in [6.07, 6.45) is 4.33. The first kappa shape index (κ1) is 25.4. The second-order valence-electron chi connectivity index (χ2n) is 8.50. The Hall–Kier alpha value is -0.900. The third-order valence-corrected chi connectivity index (χ3v) is 5.90. The van der Waals surface area contributed by atoms with Gasteiger partial charge in [-0.15, -0.1) is 24.0 Å². The third-order valence-electron chi connectivity index (χ3n) is 5.90. The van der Waals surface area contributed by atoms with Gasteiger partial charge in [-0.25, -0.2) is 0 Å². The summed E-state index contributed by atoms with van der Waals surface area (Å²) in [4.78, 5) is 9.51. The van der Waals surface area contributed by atoms with Crippen molar-refractivity contribution in [3.63, 3.8) is 0 Å². The van der Waals surface area contributed by atoms with Crippen LogP contribution in [0.1, 0.15) is 38.7 Å². The van der Waals surface area contributed by atoms with Crippen LogP contribution in [-0.2, 0) is 11.3 Å². The fraction of sp³-hybridized carbons (Fsp3) is 0.696. The number of morpholine rings is 1. The van der Waals surface area contributed by atoms with Crippen molar-refractivity contribution in [1.82, 2.24) is 20.4 Å². The number of nitrogens with one attached hydrogen (secondary N) is 2. The number of hydrogen-bond donors (Lipinski definition) is 2. The highest BCUT2D eigenvalue weighted by Gasteiger charge is 2.24. The first-order chi connectivity index (χ1) is 14.1. The maximum absolute atomic E-state index is 5.81. The van der Waals surface area contributed by atoms with Crippen molar-refractivity contribution in [2.45, 2.75) is 57.9 Å². The van der Waals surface area contributed by atoms with E-state index in [1.165, 1.54) is 24.9 Å². The zero-order valence-corrected chi connectivity index (χ0v) is 21.2. The molecule has 7 heteroatoms. The Balaban J connectivity index is 0.00000320. The van der Waals surface area contributed by atoms with Gasteiger partial charge in [0, 0.05) is 52.4 Å². The van der Waals surface area contributed by atoms with E-state index in [0.717, 1.165) is 51.6 Å². The van der Waals surface area contributed by atoms with E-state index in [9.17, 15) is 0 Å². The number of hydrogen-bond acceptors (Lipinski definition) is 4. The Labute approximate surface area is 199 Å². The Morgan fingerprint density at radius 3 is 2.57 bits per heavy atom. The van der Waals surface area contributed by atoms with Crippen LogP contribution in [0.4, 0.5) is 0 Å². The standard InChI is InChI=1S/C23H39N5O.HI/c1-19-16-27(17-20(2)29-19)13-8-12-25-23(24-3)26-15-22-11-7-14-28(22)18-21-9-5-4-6-10-21;/h4-6,9-10,19-20,22H,7-8,11-18H2,1-3H3,(H2,24,25,26);1H. The van der Waals surface area contributed by atoms with E-state index >= 15 is 0 Å². The van der Waals surface area contributed by atoms with Gasteiger partial charge in [0.15, 0.2) is 5.96 Å². The summed E-state index contributed by atoms with van der Waals surface area (Å²) in [6, 6.07) is 11.4. The van der Waals surface area contributed by atoms with Gasteiger partial charge in [0.25, 0.3) is 0 Å². The van der Waals surface area contributed by atoms with Crippen molar-refractivity contribution in [3.8, 4) is 0 Å². The van der Waals surface area contributed by atoms with Crippen LogP contribution in [0.25, 0.3) is 0 Å². The van der Waals surface area contributed by atoms with Gasteiger partial charge in [-0.2, -0.15) is 0 Å². The average molecular weight is 530 g/mol. The molecule has 3 rings (SSSR count). The predicted octanol–water partition coefficient (Wildman–Crippen LogP) is 2.93. The highest BCUT2D eigenvalue weighted by atomic mass is 127. The molecule has 0 amide bonds. The van der Waals surface area contributed by atoms with Gasteiger partial charge < -0.3 is 15.4 Å². The topological polar surface area (TPSA) is 52.1 Å². The maximum Gasteiger partial charge on any atom is 0.191 e. The van der Waals surface area contributed by atoms with Crippen molar-refractivity contribution < 1.29 is 4.74 Å². The molecular weight excluding hydrogens is 489 g/mol. The van der Waals surface area contributed by atoms with E-state index in [1.807, 2.05) is 7.05 Å². The van der Waals surface area contributed by atoms with Crippen LogP contribution in [0.2, 0.25) is 0 Å². The molecule has 1 aromatic carbocycles. The average Bonchev–Trinajstić information content (AvgIpc) is 3.14. The van der Waals surface area contributed by atoms with Crippen molar-refractivity contribution in [2.75, 3.05) is 46.3 Å². The Morgan fingerprint density at radius 1 is 1.13 bits per heavy atom. The van der Waals surface area contributed by atoms with Crippen molar-refractivity contribution in [2.24, 2.45) is 4.99 Å². The molecule has 0 spiro atoms. The maximum atomic E-state index is 5.81. The lowest BCUT2D eigenvalue weighted by atomic mass is 10.2. The molecule has 30 heavy (non-hydrogen) atoms. The molecule has 0 saturated carbocycles. The largest absolute Gasteiger partial charge is 0.373 e. The summed E-state index contributed by atoms with van der Waals surface area (Å²) >= 11 is 0. The van der Waals surface area contributed by atoms with Gasteiger partial charge in [0.2, 0.25) is 0 Å². The van der Waals surface area contributed by atoms with Gasteiger partial charge >= 0.3 is 0 Å². The number of ether oxygens (including phenoxy) is 1. The number of benzene rings is 1. The molecule has 3 unspecified atom stereocenters. The molecule has 1 aromatic rings. The summed E-state index contributed by atoms with van der Waals surface area (Å²) in [5.74, 6) is 0.917. The molecule has 2 saturated heterocycles. The van der Waals surface area contributed by atoms with E-state index in [2.05, 4.69) is 69.6 Å². The molecule has 0 radical (unpaired) electrons. The van der Waals surface area contributed by atoms with Crippen LogP contribution in [0.15, 0.2) is 35.3 Å². The lowest BCUT2D eigenvalue weighted by Gasteiger charge is -2.35. The summed E-state index contributed by atoms with van der Waals surface area (Å²) in [7, 11) is 1.86.